The van der Waals surface area contributed by atoms with E-state index in [0.29, 0.717) is 16.5 Å². The zero-order chi connectivity index (χ0) is 19.1. The third-order valence-electron chi connectivity index (χ3n) is 3.79. The Morgan fingerprint density at radius 3 is 2.48 bits per heavy atom. The summed E-state index contributed by atoms with van der Waals surface area (Å²) in [5.41, 5.74) is 0.674. The van der Waals surface area contributed by atoms with E-state index >= 15 is 0 Å². The molecule has 0 aliphatic carbocycles. The Balaban J connectivity index is 1.40. The van der Waals surface area contributed by atoms with Gasteiger partial charge in [-0.1, -0.05) is 41.9 Å². The number of thioether (sulfide) groups is 1. The van der Waals surface area contributed by atoms with Gasteiger partial charge < -0.3 is 10.1 Å². The number of carbonyl (C=O) groups is 2. The molecule has 27 heavy (non-hydrogen) atoms. The standard InChI is InChI=1S/C21H18ClNO3S/c22-17-6-9-19(10-7-17)27-12-11-21(25)26-14-20(24)23-18-8-5-15-3-1-2-4-16(15)13-18/h1-10,13H,11-12,14H2,(H,23,24). The van der Waals surface area contributed by atoms with Crippen molar-refractivity contribution in [2.75, 3.05) is 17.7 Å². The molecule has 0 unspecified atom stereocenters. The van der Waals surface area contributed by atoms with Crippen LogP contribution in [0.25, 0.3) is 10.8 Å². The van der Waals surface area contributed by atoms with Gasteiger partial charge in [-0.15, -0.1) is 11.8 Å². The summed E-state index contributed by atoms with van der Waals surface area (Å²) >= 11 is 7.37. The molecule has 0 atom stereocenters. The van der Waals surface area contributed by atoms with Gasteiger partial charge in [0.2, 0.25) is 0 Å². The molecule has 138 valence electrons. The van der Waals surface area contributed by atoms with Gasteiger partial charge in [0.15, 0.2) is 6.61 Å². The number of hydrogen-bond acceptors (Lipinski definition) is 4. The number of ether oxygens (including phenoxy) is 1. The predicted octanol–water partition coefficient (Wildman–Crippen LogP) is 5.16. The quantitative estimate of drug-likeness (QED) is 0.440. The van der Waals surface area contributed by atoms with Crippen molar-refractivity contribution in [3.8, 4) is 0 Å². The highest BCUT2D eigenvalue weighted by molar-refractivity contribution is 7.99. The molecule has 1 amide bonds. The molecule has 4 nitrogen and oxygen atoms in total. The summed E-state index contributed by atoms with van der Waals surface area (Å²) in [5, 5.41) is 5.55. The molecule has 3 rings (SSSR count). The van der Waals surface area contributed by atoms with E-state index in [9.17, 15) is 9.59 Å². The second-order valence-corrected chi connectivity index (χ2v) is 7.43. The van der Waals surface area contributed by atoms with Crippen molar-refractivity contribution < 1.29 is 14.3 Å². The molecule has 0 spiro atoms. The Kier molecular flexibility index (Phi) is 6.74. The van der Waals surface area contributed by atoms with Crippen LogP contribution in [0.5, 0.6) is 0 Å². The third kappa shape index (κ3) is 6.01. The van der Waals surface area contributed by atoms with Crippen LogP contribution in [0.2, 0.25) is 5.02 Å². The molecule has 0 aliphatic heterocycles. The number of benzene rings is 3. The number of nitrogens with one attached hydrogen (secondary N) is 1. The molecule has 0 bridgehead atoms. The number of halogens is 1. The number of anilines is 1. The van der Waals surface area contributed by atoms with Crippen LogP contribution in [-0.2, 0) is 14.3 Å². The maximum atomic E-state index is 12.0. The molecule has 0 fully saturated rings. The normalized spacial score (nSPS) is 10.6. The predicted molar refractivity (Wildman–Crippen MR) is 110 cm³/mol. The maximum absolute atomic E-state index is 12.0. The molecule has 0 saturated heterocycles. The van der Waals surface area contributed by atoms with Crippen molar-refractivity contribution >= 4 is 51.7 Å². The van der Waals surface area contributed by atoms with Crippen molar-refractivity contribution in [1.29, 1.82) is 0 Å². The molecule has 3 aromatic carbocycles. The van der Waals surface area contributed by atoms with E-state index in [1.165, 1.54) is 11.8 Å². The average molecular weight is 400 g/mol. The molecular formula is C21H18ClNO3S. The fraction of sp³-hybridized carbons (Fsp3) is 0.143. The second-order valence-electron chi connectivity index (χ2n) is 5.82. The van der Waals surface area contributed by atoms with Gasteiger partial charge in [-0.25, -0.2) is 0 Å². The number of rotatable bonds is 7. The molecule has 0 aromatic heterocycles. The van der Waals surface area contributed by atoms with Gasteiger partial charge in [0.05, 0.1) is 6.42 Å². The van der Waals surface area contributed by atoms with Gasteiger partial charge in [-0.05, 0) is 47.2 Å². The van der Waals surface area contributed by atoms with Crippen molar-refractivity contribution in [3.63, 3.8) is 0 Å². The summed E-state index contributed by atoms with van der Waals surface area (Å²) in [7, 11) is 0. The van der Waals surface area contributed by atoms with Crippen LogP contribution >= 0.6 is 23.4 Å². The van der Waals surface area contributed by atoms with E-state index in [-0.39, 0.29) is 18.9 Å². The summed E-state index contributed by atoms with van der Waals surface area (Å²) in [6, 6.07) is 20.9. The van der Waals surface area contributed by atoms with Crippen LogP contribution in [0.1, 0.15) is 6.42 Å². The van der Waals surface area contributed by atoms with Crippen LogP contribution < -0.4 is 5.32 Å². The Morgan fingerprint density at radius 1 is 0.963 bits per heavy atom. The highest BCUT2D eigenvalue weighted by Crippen LogP contribution is 2.21. The van der Waals surface area contributed by atoms with Crippen molar-refractivity contribution in [3.05, 3.63) is 71.8 Å². The number of hydrogen-bond donors (Lipinski definition) is 1. The largest absolute Gasteiger partial charge is 0.456 e. The van der Waals surface area contributed by atoms with Gasteiger partial charge in [0, 0.05) is 21.4 Å². The van der Waals surface area contributed by atoms with Crippen molar-refractivity contribution in [2.24, 2.45) is 0 Å². The minimum atomic E-state index is -0.398. The van der Waals surface area contributed by atoms with E-state index in [2.05, 4.69) is 5.32 Å². The first kappa shape index (κ1) is 19.3. The fourth-order valence-electron chi connectivity index (χ4n) is 2.47. The van der Waals surface area contributed by atoms with E-state index in [4.69, 9.17) is 16.3 Å². The van der Waals surface area contributed by atoms with E-state index in [1.807, 2.05) is 54.6 Å². The van der Waals surface area contributed by atoms with Crippen LogP contribution in [0.4, 0.5) is 5.69 Å². The SMILES string of the molecule is O=C(COC(=O)CCSc1ccc(Cl)cc1)Nc1ccc2ccccc2c1. The number of fused-ring (bicyclic) bond motifs is 1. The molecule has 1 N–H and O–H groups in total. The average Bonchev–Trinajstić information content (AvgIpc) is 2.68. The first-order valence-electron chi connectivity index (χ1n) is 8.43. The van der Waals surface area contributed by atoms with Gasteiger partial charge in [-0.2, -0.15) is 0 Å². The summed E-state index contributed by atoms with van der Waals surface area (Å²) in [6.07, 6.45) is 0.233. The Labute approximate surface area is 166 Å². The van der Waals surface area contributed by atoms with Crippen LogP contribution in [0.15, 0.2) is 71.6 Å². The fourth-order valence-corrected chi connectivity index (χ4v) is 3.42. The number of amides is 1. The van der Waals surface area contributed by atoms with Gasteiger partial charge in [0.1, 0.15) is 0 Å². The number of carbonyl (C=O) groups excluding carboxylic acids is 2. The molecule has 0 radical (unpaired) electrons. The lowest BCUT2D eigenvalue weighted by atomic mass is 10.1. The molecule has 0 saturated carbocycles. The number of esters is 1. The minimum absolute atomic E-state index is 0.233. The zero-order valence-electron chi connectivity index (χ0n) is 14.5. The first-order chi connectivity index (χ1) is 13.1. The van der Waals surface area contributed by atoms with Crippen LogP contribution in [0.3, 0.4) is 0 Å². The highest BCUT2D eigenvalue weighted by Gasteiger charge is 2.08. The first-order valence-corrected chi connectivity index (χ1v) is 9.79. The second kappa shape index (κ2) is 9.44. The van der Waals surface area contributed by atoms with E-state index < -0.39 is 5.97 Å². The topological polar surface area (TPSA) is 55.4 Å². The molecule has 6 heteroatoms. The summed E-state index contributed by atoms with van der Waals surface area (Å²) in [6.45, 7) is -0.294. The summed E-state index contributed by atoms with van der Waals surface area (Å²) < 4.78 is 5.04. The van der Waals surface area contributed by atoms with Gasteiger partial charge >= 0.3 is 5.97 Å². The molecule has 3 aromatic rings. The molecule has 0 aliphatic rings. The third-order valence-corrected chi connectivity index (χ3v) is 5.05. The summed E-state index contributed by atoms with van der Waals surface area (Å²) in [4.78, 5) is 24.8. The van der Waals surface area contributed by atoms with Crippen LogP contribution in [-0.4, -0.2) is 24.2 Å². The molecule has 0 heterocycles. The van der Waals surface area contributed by atoms with Gasteiger partial charge in [0.25, 0.3) is 5.91 Å². The van der Waals surface area contributed by atoms with Gasteiger partial charge in [-0.3, -0.25) is 9.59 Å². The van der Waals surface area contributed by atoms with E-state index in [0.717, 1.165) is 15.7 Å². The lowest BCUT2D eigenvalue weighted by molar-refractivity contribution is -0.146. The Morgan fingerprint density at radius 2 is 1.70 bits per heavy atom. The smallest absolute Gasteiger partial charge is 0.307 e. The zero-order valence-corrected chi connectivity index (χ0v) is 16.1. The lowest BCUT2D eigenvalue weighted by Crippen LogP contribution is -2.21. The monoisotopic (exact) mass is 399 g/mol. The summed E-state index contributed by atoms with van der Waals surface area (Å²) in [5.74, 6) is -0.179. The van der Waals surface area contributed by atoms with Crippen LogP contribution in [0, 0.1) is 0 Å². The van der Waals surface area contributed by atoms with Crippen molar-refractivity contribution in [1.82, 2.24) is 0 Å². The molecular weight excluding hydrogens is 382 g/mol. The maximum Gasteiger partial charge on any atom is 0.307 e. The Hall–Kier alpha value is -2.50. The van der Waals surface area contributed by atoms with E-state index in [1.54, 1.807) is 12.1 Å². The highest BCUT2D eigenvalue weighted by atomic mass is 35.5. The minimum Gasteiger partial charge on any atom is -0.456 e. The Bertz CT molecular complexity index is 944. The van der Waals surface area contributed by atoms with Crippen molar-refractivity contribution in [2.45, 2.75) is 11.3 Å². The lowest BCUT2D eigenvalue weighted by Gasteiger charge is -2.08.